The zero-order valence-electron chi connectivity index (χ0n) is 14.4. The Labute approximate surface area is 146 Å². The van der Waals surface area contributed by atoms with Crippen LogP contribution in [0.5, 0.6) is 0 Å². The fourth-order valence-corrected chi connectivity index (χ4v) is 1.82. The smallest absolute Gasteiger partial charge is 0.327 e. The monoisotopic (exact) mass is 394 g/mol. The molecule has 0 aliphatic carbocycles. The van der Waals surface area contributed by atoms with Gasteiger partial charge in [-0.2, -0.15) is 0 Å². The van der Waals surface area contributed by atoms with Crippen molar-refractivity contribution < 1.29 is 28.7 Å². The number of hydrogen-bond donors (Lipinski definition) is 0. The molecule has 0 rings (SSSR count). The number of hydrogen-bond acceptors (Lipinski definition) is 6. The first-order valence-corrected chi connectivity index (χ1v) is 8.76. The lowest BCUT2D eigenvalue weighted by Crippen LogP contribution is -2.26. The van der Waals surface area contributed by atoms with Crippen LogP contribution in [-0.4, -0.2) is 41.5 Å². The van der Waals surface area contributed by atoms with Crippen LogP contribution < -0.4 is 0 Å². The highest BCUT2D eigenvalue weighted by Gasteiger charge is 2.23. The summed E-state index contributed by atoms with van der Waals surface area (Å²) in [7, 11) is 0. The molecular formula is C16H27BrO6. The number of alkyl halides is 1. The first kappa shape index (κ1) is 24.0. The molecule has 0 fully saturated rings. The quantitative estimate of drug-likeness (QED) is 0.321. The Morgan fingerprint density at radius 1 is 0.870 bits per heavy atom. The van der Waals surface area contributed by atoms with Gasteiger partial charge in [0.15, 0.2) is 10.6 Å². The Morgan fingerprint density at radius 3 is 1.83 bits per heavy atom. The second kappa shape index (κ2) is 15.6. The van der Waals surface area contributed by atoms with E-state index in [-0.39, 0.29) is 18.0 Å². The van der Waals surface area contributed by atoms with Gasteiger partial charge in [-0.15, -0.1) is 0 Å². The van der Waals surface area contributed by atoms with E-state index < -0.39 is 16.8 Å². The highest BCUT2D eigenvalue weighted by Crippen LogP contribution is 2.07. The molecule has 0 aromatic rings. The minimum Gasteiger partial charge on any atom is -0.466 e. The topological polar surface area (TPSA) is 86.7 Å². The van der Waals surface area contributed by atoms with Crippen molar-refractivity contribution in [2.24, 2.45) is 0 Å². The Hall–Kier alpha value is -1.24. The maximum absolute atomic E-state index is 11.1. The van der Waals surface area contributed by atoms with Gasteiger partial charge in [0.25, 0.3) is 0 Å². The molecular weight excluding hydrogens is 368 g/mol. The van der Waals surface area contributed by atoms with E-state index in [1.807, 2.05) is 13.8 Å². The number of Topliss-reactive ketones (excluding diaryl/α,β-unsaturated/α-hetero) is 2. The summed E-state index contributed by atoms with van der Waals surface area (Å²) in [6.07, 6.45) is 2.35. The Morgan fingerprint density at radius 2 is 1.39 bits per heavy atom. The summed E-state index contributed by atoms with van der Waals surface area (Å²) in [5, 5.41) is 0. The molecule has 134 valence electrons. The van der Waals surface area contributed by atoms with Crippen molar-refractivity contribution in [3.63, 3.8) is 0 Å². The predicted octanol–water partition coefficient (Wildman–Crippen LogP) is 2.99. The number of carbonyl (C=O) groups is 4. The molecule has 1 atom stereocenters. The van der Waals surface area contributed by atoms with Gasteiger partial charge in [0, 0.05) is 12.8 Å². The van der Waals surface area contributed by atoms with Crippen molar-refractivity contribution in [2.75, 3.05) is 13.2 Å². The molecule has 1 unspecified atom stereocenters. The van der Waals surface area contributed by atoms with Crippen LogP contribution >= 0.6 is 15.9 Å². The number of ether oxygens (including phenoxy) is 2. The third-order valence-corrected chi connectivity index (χ3v) is 3.33. The van der Waals surface area contributed by atoms with E-state index in [2.05, 4.69) is 25.4 Å². The summed E-state index contributed by atoms with van der Waals surface area (Å²) >= 11 is 2.99. The van der Waals surface area contributed by atoms with Crippen LogP contribution in [0, 0.1) is 0 Å². The fourth-order valence-electron chi connectivity index (χ4n) is 1.46. The van der Waals surface area contributed by atoms with Gasteiger partial charge >= 0.3 is 11.9 Å². The first-order valence-electron chi connectivity index (χ1n) is 7.84. The number of carbonyl (C=O) groups excluding carboxylic acids is 4. The number of rotatable bonds is 10. The zero-order valence-corrected chi connectivity index (χ0v) is 15.9. The van der Waals surface area contributed by atoms with E-state index >= 15 is 0 Å². The second-order valence-electron chi connectivity index (χ2n) is 4.60. The van der Waals surface area contributed by atoms with Crippen LogP contribution in [0.25, 0.3) is 0 Å². The van der Waals surface area contributed by atoms with Crippen LogP contribution in [-0.2, 0) is 28.7 Å². The molecule has 0 saturated heterocycles. The summed E-state index contributed by atoms with van der Waals surface area (Å²) < 4.78 is 9.26. The van der Waals surface area contributed by atoms with Gasteiger partial charge < -0.3 is 9.47 Å². The van der Waals surface area contributed by atoms with Crippen molar-refractivity contribution in [2.45, 2.75) is 64.6 Å². The highest BCUT2D eigenvalue weighted by molar-refractivity contribution is 9.10. The summed E-state index contributed by atoms with van der Waals surface area (Å²) in [6.45, 7) is 7.88. The van der Waals surface area contributed by atoms with Crippen molar-refractivity contribution >= 4 is 39.4 Å². The van der Waals surface area contributed by atoms with E-state index in [0.717, 1.165) is 12.8 Å². The summed E-state index contributed by atoms with van der Waals surface area (Å²) in [5.74, 6) is -1.05. The number of halogens is 1. The van der Waals surface area contributed by atoms with Gasteiger partial charge in [0.2, 0.25) is 0 Å². The average Bonchev–Trinajstić information content (AvgIpc) is 2.48. The molecule has 0 aliphatic rings. The molecule has 0 N–H and O–H groups in total. The van der Waals surface area contributed by atoms with Crippen LogP contribution in [0.2, 0.25) is 0 Å². The molecule has 0 amide bonds. The molecule has 0 heterocycles. The Balaban J connectivity index is 0. The third-order valence-electron chi connectivity index (χ3n) is 2.45. The number of ketones is 2. The van der Waals surface area contributed by atoms with Gasteiger partial charge in [-0.25, -0.2) is 0 Å². The molecule has 0 spiro atoms. The minimum absolute atomic E-state index is 0.0362. The van der Waals surface area contributed by atoms with E-state index in [0.29, 0.717) is 26.1 Å². The largest absolute Gasteiger partial charge is 0.466 e. The average molecular weight is 395 g/mol. The molecule has 6 nitrogen and oxygen atoms in total. The standard InChI is InChI=1S/C8H13BrO3.C8H14O3/c1-3-5-6(10)7(9)8(11)12-4-2;1-3-5-7(9)6-8(10)11-4-2/h7H,3-5H2,1-2H3;3-6H2,1-2H3. The zero-order chi connectivity index (χ0) is 18.3. The molecule has 0 aromatic carbocycles. The van der Waals surface area contributed by atoms with E-state index in [1.165, 1.54) is 0 Å². The Kier molecular flexibility index (Phi) is 16.3. The fraction of sp³-hybridized carbons (Fsp3) is 0.750. The first-order chi connectivity index (χ1) is 10.8. The van der Waals surface area contributed by atoms with E-state index in [9.17, 15) is 19.2 Å². The third kappa shape index (κ3) is 14.1. The van der Waals surface area contributed by atoms with Crippen LogP contribution in [0.15, 0.2) is 0 Å². The molecule has 0 aromatic heterocycles. The van der Waals surface area contributed by atoms with Crippen LogP contribution in [0.3, 0.4) is 0 Å². The Bertz CT molecular complexity index is 347. The molecule has 0 bridgehead atoms. The molecule has 23 heavy (non-hydrogen) atoms. The summed E-state index contributed by atoms with van der Waals surface area (Å²) in [5.41, 5.74) is 0. The van der Waals surface area contributed by atoms with Crippen molar-refractivity contribution in [3.8, 4) is 0 Å². The van der Waals surface area contributed by atoms with Crippen molar-refractivity contribution in [1.82, 2.24) is 0 Å². The van der Waals surface area contributed by atoms with Gasteiger partial charge in [0.05, 0.1) is 13.2 Å². The van der Waals surface area contributed by atoms with Gasteiger partial charge in [-0.3, -0.25) is 19.2 Å². The van der Waals surface area contributed by atoms with Gasteiger partial charge in [-0.05, 0) is 26.7 Å². The summed E-state index contributed by atoms with van der Waals surface area (Å²) in [4.78, 5) is 42.8. The van der Waals surface area contributed by atoms with Crippen molar-refractivity contribution in [1.29, 1.82) is 0 Å². The lowest BCUT2D eigenvalue weighted by molar-refractivity contribution is -0.146. The highest BCUT2D eigenvalue weighted by atomic mass is 79.9. The molecule has 7 heteroatoms. The van der Waals surface area contributed by atoms with E-state index in [4.69, 9.17) is 0 Å². The lowest BCUT2D eigenvalue weighted by atomic mass is 10.2. The van der Waals surface area contributed by atoms with Crippen LogP contribution in [0.1, 0.15) is 59.8 Å². The predicted molar refractivity (Wildman–Crippen MR) is 90.4 cm³/mol. The minimum atomic E-state index is -0.780. The van der Waals surface area contributed by atoms with Crippen molar-refractivity contribution in [3.05, 3.63) is 0 Å². The lowest BCUT2D eigenvalue weighted by Gasteiger charge is -2.06. The molecule has 0 aliphatic heterocycles. The van der Waals surface area contributed by atoms with Crippen LogP contribution in [0.4, 0.5) is 0 Å². The number of esters is 2. The summed E-state index contributed by atoms with van der Waals surface area (Å²) in [6, 6.07) is 0. The second-order valence-corrected chi connectivity index (χ2v) is 5.52. The normalized spacial score (nSPS) is 10.8. The van der Waals surface area contributed by atoms with Gasteiger partial charge in [-0.1, -0.05) is 29.8 Å². The van der Waals surface area contributed by atoms with Gasteiger partial charge in [0.1, 0.15) is 12.2 Å². The molecule has 0 radical (unpaired) electrons. The van der Waals surface area contributed by atoms with E-state index in [1.54, 1.807) is 13.8 Å². The SMILES string of the molecule is CCCC(=O)C(Br)C(=O)OCC.CCCC(=O)CC(=O)OCC. The maximum atomic E-state index is 11.1. The molecule has 0 saturated carbocycles. The maximum Gasteiger partial charge on any atom is 0.327 e.